The molecular formula is C26H37N7O4. The summed E-state index contributed by atoms with van der Waals surface area (Å²) >= 11 is 0. The summed E-state index contributed by atoms with van der Waals surface area (Å²) in [6.45, 7) is 7.21. The molecule has 0 aliphatic carbocycles. The lowest BCUT2D eigenvalue weighted by atomic mass is 10.1. The van der Waals surface area contributed by atoms with Gasteiger partial charge in [0.15, 0.2) is 18.1 Å². The van der Waals surface area contributed by atoms with Crippen LogP contribution in [0.15, 0.2) is 23.3 Å². The largest absolute Gasteiger partial charge is 0.493 e. The first-order valence-corrected chi connectivity index (χ1v) is 13.1. The van der Waals surface area contributed by atoms with Crippen molar-refractivity contribution in [3.05, 3.63) is 23.8 Å². The van der Waals surface area contributed by atoms with Gasteiger partial charge in [-0.1, -0.05) is 0 Å². The topological polar surface area (TPSA) is 114 Å². The van der Waals surface area contributed by atoms with Gasteiger partial charge in [0.25, 0.3) is 0 Å². The highest BCUT2D eigenvalue weighted by atomic mass is 16.6. The molecule has 0 amide bonds. The van der Waals surface area contributed by atoms with Gasteiger partial charge in [0.05, 0.1) is 19.4 Å². The predicted molar refractivity (Wildman–Crippen MR) is 143 cm³/mol. The molecule has 2 saturated heterocycles. The second-order valence-electron chi connectivity index (χ2n) is 9.46. The Morgan fingerprint density at radius 3 is 2.16 bits per heavy atom. The third-order valence-electron chi connectivity index (χ3n) is 6.17. The highest BCUT2D eigenvalue weighted by molar-refractivity contribution is 5.81. The first-order valence-electron chi connectivity index (χ1n) is 13.1. The summed E-state index contributed by atoms with van der Waals surface area (Å²) < 4.78 is 16.1. The van der Waals surface area contributed by atoms with Gasteiger partial charge in [-0.2, -0.15) is 20.1 Å². The van der Waals surface area contributed by atoms with Crippen LogP contribution in [0.2, 0.25) is 0 Å². The second kappa shape index (κ2) is 13.1. The van der Waals surface area contributed by atoms with Crippen molar-refractivity contribution in [3.63, 3.8) is 0 Å². The summed E-state index contributed by atoms with van der Waals surface area (Å²) in [4.78, 5) is 30.4. The summed E-state index contributed by atoms with van der Waals surface area (Å²) in [5.41, 5.74) is 3.76. The van der Waals surface area contributed by atoms with Crippen molar-refractivity contribution in [2.75, 3.05) is 55.1 Å². The minimum absolute atomic E-state index is 0.193. The number of anilines is 3. The average Bonchev–Trinajstić information content (AvgIpc) is 2.92. The zero-order valence-corrected chi connectivity index (χ0v) is 22.0. The Bertz CT molecular complexity index is 1030. The molecule has 11 heteroatoms. The number of nitrogens with zero attached hydrogens (tertiary/aromatic N) is 6. The molecule has 37 heavy (non-hydrogen) atoms. The van der Waals surface area contributed by atoms with Crippen LogP contribution in [-0.4, -0.2) is 73.1 Å². The first-order chi connectivity index (χ1) is 18.0. The number of ether oxygens (including phenoxy) is 3. The molecular weight excluding hydrogens is 474 g/mol. The molecule has 2 aliphatic heterocycles. The minimum Gasteiger partial charge on any atom is -0.493 e. The molecule has 1 aromatic heterocycles. The Kier molecular flexibility index (Phi) is 9.34. The van der Waals surface area contributed by atoms with E-state index in [-0.39, 0.29) is 12.7 Å². The summed E-state index contributed by atoms with van der Waals surface area (Å²) in [7, 11) is 1.54. The maximum absolute atomic E-state index is 11.8. The molecule has 3 heterocycles. The highest BCUT2D eigenvalue weighted by Crippen LogP contribution is 2.28. The van der Waals surface area contributed by atoms with Crippen molar-refractivity contribution in [3.8, 4) is 11.5 Å². The number of benzene rings is 1. The Labute approximate surface area is 218 Å². The number of esters is 1. The standard InChI is InChI=1S/C26H37N7O4/c1-19(2)37-23(34)18-36-21-11-10-20(16-22(21)35-3)17-27-31-24-28-25(32-12-6-4-7-13-32)30-26(29-24)33-14-8-5-9-15-33/h10-11,16-17,19H,4-9,12-15,18H2,1-3H3,(H,28,29,30,31)/b27-17+. The van der Waals surface area contributed by atoms with E-state index in [0.717, 1.165) is 57.4 Å². The maximum Gasteiger partial charge on any atom is 0.344 e. The molecule has 2 fully saturated rings. The predicted octanol–water partition coefficient (Wildman–Crippen LogP) is 3.64. The molecule has 200 valence electrons. The minimum atomic E-state index is -0.433. The third-order valence-corrected chi connectivity index (χ3v) is 6.17. The number of carbonyl (C=O) groups is 1. The van der Waals surface area contributed by atoms with Gasteiger partial charge >= 0.3 is 5.97 Å². The van der Waals surface area contributed by atoms with Gasteiger partial charge < -0.3 is 24.0 Å². The van der Waals surface area contributed by atoms with Crippen LogP contribution in [0.1, 0.15) is 57.9 Å². The SMILES string of the molecule is COc1cc(/C=N/Nc2nc(N3CCCCC3)nc(N3CCCCC3)n2)ccc1OCC(=O)OC(C)C. The van der Waals surface area contributed by atoms with Crippen LogP contribution in [0.25, 0.3) is 0 Å². The van der Waals surface area contributed by atoms with Gasteiger partial charge in [-0.05, 0) is 76.1 Å². The average molecular weight is 512 g/mol. The molecule has 11 nitrogen and oxygen atoms in total. The Hall–Kier alpha value is -3.63. The molecule has 0 saturated carbocycles. The number of aromatic nitrogens is 3. The van der Waals surface area contributed by atoms with Crippen molar-refractivity contribution in [2.45, 2.75) is 58.5 Å². The lowest BCUT2D eigenvalue weighted by molar-refractivity contribution is -0.149. The Morgan fingerprint density at radius 1 is 0.973 bits per heavy atom. The van der Waals surface area contributed by atoms with Gasteiger partial charge in [0.1, 0.15) is 0 Å². The number of rotatable bonds is 10. The molecule has 4 rings (SSSR count). The van der Waals surface area contributed by atoms with Crippen LogP contribution in [-0.2, 0) is 9.53 Å². The van der Waals surface area contributed by atoms with Crippen molar-refractivity contribution in [1.82, 2.24) is 15.0 Å². The van der Waals surface area contributed by atoms with E-state index in [1.165, 1.54) is 12.8 Å². The Morgan fingerprint density at radius 2 is 1.59 bits per heavy atom. The zero-order chi connectivity index (χ0) is 26.0. The van der Waals surface area contributed by atoms with Crippen LogP contribution in [0.5, 0.6) is 11.5 Å². The van der Waals surface area contributed by atoms with E-state index in [2.05, 4.69) is 30.3 Å². The van der Waals surface area contributed by atoms with Crippen molar-refractivity contribution < 1.29 is 19.0 Å². The monoisotopic (exact) mass is 511 g/mol. The van der Waals surface area contributed by atoms with Crippen LogP contribution in [0.3, 0.4) is 0 Å². The smallest absolute Gasteiger partial charge is 0.344 e. The van der Waals surface area contributed by atoms with Crippen molar-refractivity contribution >= 4 is 30.0 Å². The summed E-state index contributed by atoms with van der Waals surface area (Å²) in [5.74, 6) is 2.32. The van der Waals surface area contributed by atoms with E-state index in [1.54, 1.807) is 39.3 Å². The molecule has 1 N–H and O–H groups in total. The van der Waals surface area contributed by atoms with Crippen LogP contribution < -0.4 is 24.7 Å². The van der Waals surface area contributed by atoms with E-state index < -0.39 is 5.97 Å². The fourth-order valence-electron chi connectivity index (χ4n) is 4.36. The summed E-state index contributed by atoms with van der Waals surface area (Å²) in [5, 5.41) is 4.36. The lowest BCUT2D eigenvalue weighted by Gasteiger charge is -2.30. The van der Waals surface area contributed by atoms with E-state index in [1.807, 2.05) is 6.07 Å². The molecule has 0 spiro atoms. The number of hydrogen-bond donors (Lipinski definition) is 1. The second-order valence-corrected chi connectivity index (χ2v) is 9.46. The van der Waals surface area contributed by atoms with Crippen LogP contribution >= 0.6 is 0 Å². The van der Waals surface area contributed by atoms with Crippen molar-refractivity contribution in [1.29, 1.82) is 0 Å². The fraction of sp³-hybridized carbons (Fsp3) is 0.577. The quantitative estimate of drug-likeness (QED) is 0.288. The maximum atomic E-state index is 11.8. The normalized spacial score (nSPS) is 16.2. The van der Waals surface area contributed by atoms with E-state index >= 15 is 0 Å². The molecule has 2 aliphatic rings. The summed E-state index contributed by atoms with van der Waals surface area (Å²) in [6.07, 6.45) is 8.53. The fourth-order valence-corrected chi connectivity index (χ4v) is 4.36. The van der Waals surface area contributed by atoms with Crippen LogP contribution in [0.4, 0.5) is 17.8 Å². The third kappa shape index (κ3) is 7.68. The number of hydrazone groups is 1. The van der Waals surface area contributed by atoms with E-state index in [4.69, 9.17) is 19.2 Å². The van der Waals surface area contributed by atoms with Gasteiger partial charge in [-0.3, -0.25) is 0 Å². The lowest BCUT2D eigenvalue weighted by Crippen LogP contribution is -2.34. The molecule has 1 aromatic carbocycles. The molecule has 0 bridgehead atoms. The van der Waals surface area contributed by atoms with E-state index in [9.17, 15) is 4.79 Å². The van der Waals surface area contributed by atoms with Gasteiger partial charge in [-0.15, -0.1) is 0 Å². The van der Waals surface area contributed by atoms with Crippen molar-refractivity contribution in [2.24, 2.45) is 5.10 Å². The summed E-state index contributed by atoms with van der Waals surface area (Å²) in [6, 6.07) is 5.33. The number of methoxy groups -OCH3 is 1. The molecule has 0 atom stereocenters. The number of carbonyl (C=O) groups excluding carboxylic acids is 1. The molecule has 0 radical (unpaired) electrons. The zero-order valence-electron chi connectivity index (χ0n) is 22.0. The van der Waals surface area contributed by atoms with Crippen LogP contribution in [0, 0.1) is 0 Å². The van der Waals surface area contributed by atoms with E-state index in [0.29, 0.717) is 29.3 Å². The Balaban J connectivity index is 1.45. The highest BCUT2D eigenvalue weighted by Gasteiger charge is 2.20. The molecule has 2 aromatic rings. The first kappa shape index (κ1) is 26.4. The molecule has 0 unspecified atom stereocenters. The van der Waals surface area contributed by atoms with Gasteiger partial charge in [-0.25, -0.2) is 10.2 Å². The number of hydrogen-bond acceptors (Lipinski definition) is 11. The number of nitrogens with one attached hydrogen (secondary N) is 1. The van der Waals surface area contributed by atoms with Gasteiger partial charge in [0, 0.05) is 26.2 Å². The number of piperidine rings is 2. The van der Waals surface area contributed by atoms with Gasteiger partial charge in [0.2, 0.25) is 17.8 Å².